The number of nitrogens with zero attached hydrogens (tertiary/aromatic N) is 3. The van der Waals surface area contributed by atoms with E-state index in [1.807, 2.05) is 37.4 Å². The molecule has 0 saturated carbocycles. The molecular weight excluding hydrogens is 482 g/mol. The molecule has 1 aliphatic rings. The van der Waals surface area contributed by atoms with Crippen LogP contribution in [0.15, 0.2) is 60.7 Å². The van der Waals surface area contributed by atoms with Gasteiger partial charge in [0.1, 0.15) is 11.3 Å². The third-order valence-corrected chi connectivity index (χ3v) is 6.96. The zero-order valence-electron chi connectivity index (χ0n) is 23.3. The average molecular weight is 526 g/mol. The Morgan fingerprint density at radius 1 is 1.21 bits per heavy atom. The molecule has 1 N–H and O–H groups in total. The lowest BCUT2D eigenvalue weighted by Gasteiger charge is -2.47. The molecule has 2 rings (SSSR count). The van der Waals surface area contributed by atoms with Gasteiger partial charge in [-0.25, -0.2) is 0 Å². The van der Waals surface area contributed by atoms with Crippen LogP contribution in [0.25, 0.3) is 0 Å². The summed E-state index contributed by atoms with van der Waals surface area (Å²) >= 11 is 0. The maximum atomic E-state index is 13.9. The van der Waals surface area contributed by atoms with E-state index in [1.165, 1.54) is 0 Å². The maximum absolute atomic E-state index is 13.9. The van der Waals surface area contributed by atoms with E-state index in [-0.39, 0.29) is 12.3 Å². The van der Waals surface area contributed by atoms with Gasteiger partial charge in [0.25, 0.3) is 0 Å². The van der Waals surface area contributed by atoms with E-state index >= 15 is 0 Å². The van der Waals surface area contributed by atoms with Crippen molar-refractivity contribution in [2.45, 2.75) is 45.1 Å². The number of carboxylic acid groups (broad SMARTS) is 1. The fourth-order valence-electron chi connectivity index (χ4n) is 4.94. The second kappa shape index (κ2) is 15.1. The van der Waals surface area contributed by atoms with E-state index in [2.05, 4.69) is 25.3 Å². The van der Waals surface area contributed by atoms with Crippen molar-refractivity contribution >= 4 is 18.3 Å². The van der Waals surface area contributed by atoms with Gasteiger partial charge in [0.05, 0.1) is 13.5 Å². The second-order valence-electron chi connectivity index (χ2n) is 10.3. The third-order valence-electron chi connectivity index (χ3n) is 6.96. The van der Waals surface area contributed by atoms with Gasteiger partial charge in [0, 0.05) is 39.8 Å². The van der Waals surface area contributed by atoms with Crippen LogP contribution in [0.5, 0.6) is 5.75 Å². The van der Waals surface area contributed by atoms with Crippen LogP contribution in [0, 0.1) is 5.92 Å². The number of carbonyl (C=O) groups is 3. The molecule has 38 heavy (non-hydrogen) atoms. The molecule has 1 heterocycles. The highest BCUT2D eigenvalue weighted by Crippen LogP contribution is 2.31. The minimum Gasteiger partial charge on any atom is -0.497 e. The first-order chi connectivity index (χ1) is 18.1. The summed E-state index contributed by atoms with van der Waals surface area (Å²) in [5.41, 5.74) is 0.859. The monoisotopic (exact) mass is 525 g/mol. The number of amides is 2. The highest BCUT2D eigenvalue weighted by molar-refractivity contribution is 5.88. The molecular formula is C30H43N3O5. The lowest BCUT2D eigenvalue weighted by Crippen LogP contribution is -2.63. The van der Waals surface area contributed by atoms with E-state index in [9.17, 15) is 19.5 Å². The molecule has 208 valence electrons. The van der Waals surface area contributed by atoms with Crippen LogP contribution in [-0.4, -0.2) is 90.5 Å². The Morgan fingerprint density at radius 2 is 1.87 bits per heavy atom. The first-order valence-electron chi connectivity index (χ1n) is 13.2. The third kappa shape index (κ3) is 8.87. The quantitative estimate of drug-likeness (QED) is 0.277. The number of likely N-dealkylation sites (N-methyl/N-ethyl adjacent to an activating group) is 1. The fourth-order valence-corrected chi connectivity index (χ4v) is 4.94. The van der Waals surface area contributed by atoms with Crippen molar-refractivity contribution in [3.63, 3.8) is 0 Å². The smallest absolute Gasteiger partial charge is 0.307 e. The Labute approximate surface area is 227 Å². The zero-order valence-corrected chi connectivity index (χ0v) is 23.3. The van der Waals surface area contributed by atoms with Gasteiger partial charge in [-0.15, -0.1) is 0 Å². The van der Waals surface area contributed by atoms with Crippen LogP contribution in [0.2, 0.25) is 0 Å². The van der Waals surface area contributed by atoms with Crippen molar-refractivity contribution in [1.82, 2.24) is 14.7 Å². The molecule has 1 aromatic rings. The number of hydrogen-bond acceptors (Lipinski definition) is 5. The number of carbonyl (C=O) groups excluding carboxylic acids is 2. The number of ether oxygens (including phenoxy) is 1. The van der Waals surface area contributed by atoms with Crippen LogP contribution in [0.1, 0.15) is 38.7 Å². The number of rotatable bonds is 15. The largest absolute Gasteiger partial charge is 0.497 e. The van der Waals surface area contributed by atoms with Crippen molar-refractivity contribution in [1.29, 1.82) is 0 Å². The highest BCUT2D eigenvalue weighted by atomic mass is 16.5. The standard InChI is InChI=1S/C30H43N3O5/c1-6-7-8-26(21-28(35)36)13-17-32-19-15-30(16-20-32,29(37)31(4)22-24(2)3)33(23-34)18-14-25-9-11-27(38-5)12-10-25/h6-13,23-24H,1,14-22H2,2-5H3,(H,35,36)/b8-7-,26-13+. The van der Waals surface area contributed by atoms with Crippen molar-refractivity contribution in [2.75, 3.05) is 46.9 Å². The summed E-state index contributed by atoms with van der Waals surface area (Å²) in [5, 5.41) is 9.21. The first kappa shape index (κ1) is 30.8. The molecule has 2 amide bonds. The van der Waals surface area contributed by atoms with E-state index < -0.39 is 11.5 Å². The van der Waals surface area contributed by atoms with Gasteiger partial charge in [0.2, 0.25) is 12.3 Å². The van der Waals surface area contributed by atoms with Crippen LogP contribution in [0.3, 0.4) is 0 Å². The number of allylic oxidation sites excluding steroid dienone is 3. The predicted molar refractivity (Wildman–Crippen MR) is 150 cm³/mol. The Balaban J connectivity index is 2.21. The number of piperidine rings is 1. The summed E-state index contributed by atoms with van der Waals surface area (Å²) in [4.78, 5) is 43.2. The summed E-state index contributed by atoms with van der Waals surface area (Å²) < 4.78 is 5.24. The van der Waals surface area contributed by atoms with Gasteiger partial charge in [-0.05, 0) is 48.4 Å². The molecule has 0 radical (unpaired) electrons. The van der Waals surface area contributed by atoms with Crippen molar-refractivity contribution in [2.24, 2.45) is 5.92 Å². The van der Waals surface area contributed by atoms with Crippen molar-refractivity contribution in [3.8, 4) is 5.75 Å². The molecule has 8 nitrogen and oxygen atoms in total. The number of hydrogen-bond donors (Lipinski definition) is 1. The van der Waals surface area contributed by atoms with E-state index in [0.29, 0.717) is 63.5 Å². The lowest BCUT2D eigenvalue weighted by atomic mass is 9.83. The van der Waals surface area contributed by atoms with Gasteiger partial charge in [-0.2, -0.15) is 0 Å². The summed E-state index contributed by atoms with van der Waals surface area (Å²) in [6.07, 6.45) is 9.43. The molecule has 0 spiro atoms. The summed E-state index contributed by atoms with van der Waals surface area (Å²) in [6, 6.07) is 7.75. The zero-order chi connectivity index (χ0) is 28.1. The molecule has 1 aliphatic heterocycles. The maximum Gasteiger partial charge on any atom is 0.307 e. The van der Waals surface area contributed by atoms with E-state index in [0.717, 1.165) is 17.7 Å². The number of likely N-dealkylation sites (tertiary alicyclic amines) is 1. The Bertz CT molecular complexity index is 992. The fraction of sp³-hybridized carbons (Fsp3) is 0.500. The Hall–Kier alpha value is -3.39. The number of carboxylic acids is 1. The van der Waals surface area contributed by atoms with Crippen LogP contribution in [-0.2, 0) is 20.8 Å². The van der Waals surface area contributed by atoms with Gasteiger partial charge in [-0.1, -0.05) is 56.9 Å². The average Bonchev–Trinajstić information content (AvgIpc) is 2.90. The van der Waals surface area contributed by atoms with Gasteiger partial charge in [0.15, 0.2) is 0 Å². The molecule has 1 aromatic carbocycles. The lowest BCUT2D eigenvalue weighted by molar-refractivity contribution is -0.152. The summed E-state index contributed by atoms with van der Waals surface area (Å²) in [5.74, 6) is 0.172. The number of benzene rings is 1. The predicted octanol–water partition coefficient (Wildman–Crippen LogP) is 3.79. The topological polar surface area (TPSA) is 90.4 Å². The van der Waals surface area contributed by atoms with Crippen molar-refractivity contribution in [3.05, 3.63) is 66.3 Å². The molecule has 8 heteroatoms. The van der Waals surface area contributed by atoms with Crippen LogP contribution < -0.4 is 4.74 Å². The van der Waals surface area contributed by atoms with Gasteiger partial charge >= 0.3 is 5.97 Å². The SMILES string of the molecule is C=C/C=C\C(=C/CN1CCC(C(=O)N(C)CC(C)C)(N(C=O)CCc2ccc(OC)cc2)CC1)CC(=O)O. The Kier molecular flexibility index (Phi) is 12.3. The number of aliphatic carboxylic acids is 1. The van der Waals surface area contributed by atoms with Crippen molar-refractivity contribution < 1.29 is 24.2 Å². The first-order valence-corrected chi connectivity index (χ1v) is 13.2. The summed E-state index contributed by atoms with van der Waals surface area (Å²) in [7, 11) is 3.44. The van der Waals surface area contributed by atoms with Crippen LogP contribution >= 0.6 is 0 Å². The second-order valence-corrected chi connectivity index (χ2v) is 10.3. The van der Waals surface area contributed by atoms with Crippen LogP contribution in [0.4, 0.5) is 0 Å². The van der Waals surface area contributed by atoms with Gasteiger partial charge in [-0.3, -0.25) is 19.3 Å². The van der Waals surface area contributed by atoms with E-state index in [1.54, 1.807) is 35.1 Å². The molecule has 0 bridgehead atoms. The number of methoxy groups -OCH3 is 1. The summed E-state index contributed by atoms with van der Waals surface area (Å²) in [6.45, 7) is 10.7. The normalized spacial score (nSPS) is 15.9. The minimum absolute atomic E-state index is 0.0243. The Morgan fingerprint density at radius 3 is 2.39 bits per heavy atom. The van der Waals surface area contributed by atoms with E-state index in [4.69, 9.17) is 4.74 Å². The molecule has 1 fully saturated rings. The molecule has 0 unspecified atom stereocenters. The minimum atomic E-state index is -0.912. The van der Waals surface area contributed by atoms with Gasteiger partial charge < -0.3 is 19.6 Å². The molecule has 0 aromatic heterocycles. The molecule has 1 saturated heterocycles. The highest BCUT2D eigenvalue weighted by Gasteiger charge is 2.47. The molecule has 0 aliphatic carbocycles. The molecule has 0 atom stereocenters.